The molecule has 4 rings (SSSR count). The minimum Gasteiger partial charge on any atom is -0.497 e. The first-order chi connectivity index (χ1) is 14.0. The van der Waals surface area contributed by atoms with Gasteiger partial charge >= 0.3 is 6.03 Å². The van der Waals surface area contributed by atoms with Crippen molar-refractivity contribution in [1.29, 1.82) is 0 Å². The zero-order chi connectivity index (χ0) is 20.4. The number of anilines is 3. The summed E-state index contributed by atoms with van der Waals surface area (Å²) >= 11 is 0. The highest BCUT2D eigenvalue weighted by molar-refractivity contribution is 6.02. The molecule has 0 aliphatic rings. The van der Waals surface area contributed by atoms with Gasteiger partial charge in [-0.1, -0.05) is 18.2 Å². The number of nitrogens with one attached hydrogen (secondary N) is 2. The summed E-state index contributed by atoms with van der Waals surface area (Å²) < 4.78 is 10.8. The molecule has 29 heavy (non-hydrogen) atoms. The van der Waals surface area contributed by atoms with E-state index in [2.05, 4.69) is 20.6 Å². The van der Waals surface area contributed by atoms with Gasteiger partial charge in [0.2, 0.25) is 5.71 Å². The van der Waals surface area contributed by atoms with Crippen molar-refractivity contribution in [2.24, 2.45) is 0 Å². The molecule has 0 aliphatic carbocycles. The Balaban J connectivity index is 1.53. The van der Waals surface area contributed by atoms with Crippen LogP contribution in [0.2, 0.25) is 0 Å². The fourth-order valence-corrected chi connectivity index (χ4v) is 3.13. The minimum atomic E-state index is -0.353. The smallest absolute Gasteiger partial charge is 0.323 e. The molecule has 0 aliphatic heterocycles. The molecule has 146 valence electrons. The lowest BCUT2D eigenvalue weighted by atomic mass is 10.0. The molecule has 0 bridgehead atoms. The topological polar surface area (TPSA) is 115 Å². The summed E-state index contributed by atoms with van der Waals surface area (Å²) in [5.41, 5.74) is 9.47. The molecular formula is C21H19N5O3. The van der Waals surface area contributed by atoms with Crippen LogP contribution in [0.3, 0.4) is 0 Å². The Labute approximate surface area is 166 Å². The Hall–Kier alpha value is -4.07. The number of carbonyl (C=O) groups excluding carboxylic acids is 1. The van der Waals surface area contributed by atoms with Crippen LogP contribution in [-0.4, -0.2) is 23.1 Å². The van der Waals surface area contributed by atoms with Crippen molar-refractivity contribution in [2.75, 3.05) is 23.5 Å². The van der Waals surface area contributed by atoms with Gasteiger partial charge in [0.15, 0.2) is 0 Å². The van der Waals surface area contributed by atoms with E-state index < -0.39 is 0 Å². The van der Waals surface area contributed by atoms with Crippen LogP contribution >= 0.6 is 0 Å². The third-order valence-electron chi connectivity index (χ3n) is 4.45. The first kappa shape index (κ1) is 18.3. The molecule has 0 spiro atoms. The number of aromatic nitrogens is 2. The standard InChI is InChI=1S/C21H19N5O3/c1-12-17(18-19(22)23-11-24-20(18)29-12)13-6-8-14(9-7-13)25-21(27)26-15-4-3-5-16(10-15)28-2/h3-11H,1-2H3,(H2,22,23,24)(H2,25,26,27). The number of aryl methyl sites for hydroxylation is 1. The summed E-state index contributed by atoms with van der Waals surface area (Å²) in [6, 6.07) is 14.1. The Kier molecular flexibility index (Phi) is 4.74. The van der Waals surface area contributed by atoms with Crippen molar-refractivity contribution in [1.82, 2.24) is 9.97 Å². The maximum atomic E-state index is 12.3. The van der Waals surface area contributed by atoms with Gasteiger partial charge in [-0.05, 0) is 36.8 Å². The summed E-state index contributed by atoms with van der Waals surface area (Å²) in [6.45, 7) is 1.85. The average Bonchev–Trinajstić information content (AvgIpc) is 3.06. The van der Waals surface area contributed by atoms with E-state index in [0.29, 0.717) is 39.8 Å². The first-order valence-corrected chi connectivity index (χ1v) is 8.87. The number of ether oxygens (including phenoxy) is 1. The number of amides is 2. The van der Waals surface area contributed by atoms with Crippen LogP contribution in [0.1, 0.15) is 5.76 Å². The van der Waals surface area contributed by atoms with Crippen molar-refractivity contribution >= 4 is 34.3 Å². The van der Waals surface area contributed by atoms with Gasteiger partial charge in [-0.2, -0.15) is 0 Å². The lowest BCUT2D eigenvalue weighted by molar-refractivity contribution is 0.262. The first-order valence-electron chi connectivity index (χ1n) is 8.87. The second-order valence-corrected chi connectivity index (χ2v) is 6.36. The monoisotopic (exact) mass is 389 g/mol. The van der Waals surface area contributed by atoms with Gasteiger partial charge in [0.25, 0.3) is 0 Å². The van der Waals surface area contributed by atoms with Crippen molar-refractivity contribution in [3.05, 3.63) is 60.6 Å². The maximum Gasteiger partial charge on any atom is 0.323 e. The van der Waals surface area contributed by atoms with E-state index in [9.17, 15) is 4.79 Å². The van der Waals surface area contributed by atoms with Crippen molar-refractivity contribution in [2.45, 2.75) is 6.92 Å². The Bertz CT molecular complexity index is 1180. The number of furan rings is 1. The van der Waals surface area contributed by atoms with Crippen LogP contribution in [0.15, 0.2) is 59.3 Å². The number of urea groups is 1. The largest absolute Gasteiger partial charge is 0.497 e. The number of nitrogens with two attached hydrogens (primary N) is 1. The normalized spacial score (nSPS) is 10.7. The highest BCUT2D eigenvalue weighted by Crippen LogP contribution is 2.36. The predicted molar refractivity (Wildman–Crippen MR) is 112 cm³/mol. The van der Waals surface area contributed by atoms with E-state index in [1.54, 1.807) is 43.5 Å². The minimum absolute atomic E-state index is 0.353. The van der Waals surface area contributed by atoms with Gasteiger partial charge in [0.1, 0.15) is 23.7 Å². The van der Waals surface area contributed by atoms with E-state index in [1.165, 1.54) is 6.33 Å². The molecule has 0 radical (unpaired) electrons. The van der Waals surface area contributed by atoms with E-state index in [4.69, 9.17) is 14.9 Å². The van der Waals surface area contributed by atoms with Gasteiger partial charge in [0.05, 0.1) is 12.5 Å². The molecule has 0 saturated carbocycles. The second kappa shape index (κ2) is 7.51. The van der Waals surface area contributed by atoms with Gasteiger partial charge in [-0.3, -0.25) is 0 Å². The second-order valence-electron chi connectivity index (χ2n) is 6.36. The van der Waals surface area contributed by atoms with Gasteiger partial charge in [0, 0.05) is 23.0 Å². The zero-order valence-corrected chi connectivity index (χ0v) is 15.9. The molecule has 8 nitrogen and oxygen atoms in total. The fourth-order valence-electron chi connectivity index (χ4n) is 3.13. The Morgan fingerprint density at radius 3 is 2.59 bits per heavy atom. The number of methoxy groups -OCH3 is 1. The van der Waals surface area contributed by atoms with Crippen LogP contribution in [0, 0.1) is 6.92 Å². The predicted octanol–water partition coefficient (Wildman–Crippen LogP) is 4.43. The maximum absolute atomic E-state index is 12.3. The van der Waals surface area contributed by atoms with E-state index in [-0.39, 0.29) is 6.03 Å². The molecule has 4 aromatic rings. The third kappa shape index (κ3) is 3.68. The Morgan fingerprint density at radius 2 is 1.83 bits per heavy atom. The molecule has 2 aromatic heterocycles. The molecule has 0 saturated heterocycles. The number of rotatable bonds is 4. The quantitative estimate of drug-likeness (QED) is 0.475. The number of carbonyl (C=O) groups is 1. The number of benzene rings is 2. The number of fused-ring (bicyclic) bond motifs is 1. The summed E-state index contributed by atoms with van der Waals surface area (Å²) in [4.78, 5) is 20.4. The van der Waals surface area contributed by atoms with E-state index in [0.717, 1.165) is 11.1 Å². The third-order valence-corrected chi connectivity index (χ3v) is 4.45. The van der Waals surface area contributed by atoms with Gasteiger partial charge in [-0.15, -0.1) is 0 Å². The summed E-state index contributed by atoms with van der Waals surface area (Å²) in [6.07, 6.45) is 1.37. The lowest BCUT2D eigenvalue weighted by Crippen LogP contribution is -2.19. The van der Waals surface area contributed by atoms with Crippen LogP contribution in [-0.2, 0) is 0 Å². The van der Waals surface area contributed by atoms with Crippen LogP contribution in [0.4, 0.5) is 22.0 Å². The fraction of sp³-hybridized carbons (Fsp3) is 0.0952. The van der Waals surface area contributed by atoms with Gasteiger partial charge in [-0.25, -0.2) is 14.8 Å². The van der Waals surface area contributed by atoms with Crippen molar-refractivity contribution in [3.63, 3.8) is 0 Å². The van der Waals surface area contributed by atoms with Gasteiger partial charge < -0.3 is 25.5 Å². The highest BCUT2D eigenvalue weighted by atomic mass is 16.5. The number of hydrogen-bond donors (Lipinski definition) is 3. The molecule has 0 atom stereocenters. The molecule has 8 heteroatoms. The van der Waals surface area contributed by atoms with Crippen molar-refractivity contribution < 1.29 is 13.9 Å². The molecule has 2 aromatic carbocycles. The van der Waals surface area contributed by atoms with Crippen LogP contribution in [0.25, 0.3) is 22.2 Å². The van der Waals surface area contributed by atoms with E-state index >= 15 is 0 Å². The number of nitrogen functional groups attached to an aromatic ring is 1. The molecule has 0 fully saturated rings. The number of nitrogens with zero attached hydrogens (tertiary/aromatic N) is 2. The summed E-state index contributed by atoms with van der Waals surface area (Å²) in [7, 11) is 1.57. The molecule has 4 N–H and O–H groups in total. The highest BCUT2D eigenvalue weighted by Gasteiger charge is 2.17. The Morgan fingerprint density at radius 1 is 1.07 bits per heavy atom. The number of hydrogen-bond acceptors (Lipinski definition) is 6. The SMILES string of the molecule is COc1cccc(NC(=O)Nc2ccc(-c3c(C)oc4ncnc(N)c34)cc2)c1. The summed E-state index contributed by atoms with van der Waals surface area (Å²) in [5, 5.41) is 6.25. The average molecular weight is 389 g/mol. The molecule has 2 amide bonds. The van der Waals surface area contributed by atoms with Crippen LogP contribution < -0.4 is 21.1 Å². The summed E-state index contributed by atoms with van der Waals surface area (Å²) in [5.74, 6) is 1.73. The lowest BCUT2D eigenvalue weighted by Gasteiger charge is -2.09. The molecule has 0 unspecified atom stereocenters. The van der Waals surface area contributed by atoms with Crippen molar-refractivity contribution in [3.8, 4) is 16.9 Å². The zero-order valence-electron chi connectivity index (χ0n) is 15.9. The van der Waals surface area contributed by atoms with E-state index in [1.807, 2.05) is 19.1 Å². The molecular weight excluding hydrogens is 370 g/mol. The molecule has 2 heterocycles. The van der Waals surface area contributed by atoms with Crippen LogP contribution in [0.5, 0.6) is 5.75 Å².